The zero-order valence-electron chi connectivity index (χ0n) is 13.6. The molecule has 2 heterocycles. The van der Waals surface area contributed by atoms with Crippen LogP contribution in [-0.2, 0) is 22.4 Å². The van der Waals surface area contributed by atoms with E-state index < -0.39 is 12.1 Å². The van der Waals surface area contributed by atoms with Crippen molar-refractivity contribution < 1.29 is 27.9 Å². The number of rotatable bonds is 5. The average Bonchev–Trinajstić information content (AvgIpc) is 2.98. The second kappa shape index (κ2) is 9.70. The van der Waals surface area contributed by atoms with E-state index in [9.17, 15) is 22.8 Å². The van der Waals surface area contributed by atoms with Gasteiger partial charge in [0.05, 0.1) is 6.42 Å². The van der Waals surface area contributed by atoms with Crippen LogP contribution < -0.4 is 10.9 Å². The summed E-state index contributed by atoms with van der Waals surface area (Å²) in [4.78, 5) is 38.6. The maximum atomic E-state index is 11.6. The van der Waals surface area contributed by atoms with Crippen molar-refractivity contribution in [2.24, 2.45) is 0 Å². The molecule has 0 unspecified atom stereocenters. The van der Waals surface area contributed by atoms with Crippen molar-refractivity contribution in [2.45, 2.75) is 25.9 Å². The summed E-state index contributed by atoms with van der Waals surface area (Å²) in [6.45, 7) is 2.24. The number of hydrogen-bond acceptors (Lipinski definition) is 5. The van der Waals surface area contributed by atoms with E-state index in [1.165, 1.54) is 6.07 Å². The number of aromatic nitrogens is 2. The maximum absolute atomic E-state index is 11.6. The molecule has 3 N–H and O–H groups in total. The fourth-order valence-electron chi connectivity index (χ4n) is 1.72. The highest BCUT2D eigenvalue weighted by Crippen LogP contribution is 2.13. The quantitative estimate of drug-likeness (QED) is 0.718. The standard InChI is InChI=1S/C13H15N3O2S.C2HF3O2/c1-9-6-13(18)16-11(15-9)2-4-14-12(17)7-10-3-5-19-8-10;3-2(4,5)1(6)7/h3,5-6,8H,2,4,7H2,1H3,(H,14,17)(H,15,16,18);(H,6,7). The van der Waals surface area contributed by atoms with Crippen LogP contribution in [0.25, 0.3) is 0 Å². The molecule has 26 heavy (non-hydrogen) atoms. The van der Waals surface area contributed by atoms with E-state index >= 15 is 0 Å². The largest absolute Gasteiger partial charge is 0.490 e. The van der Waals surface area contributed by atoms with Gasteiger partial charge in [-0.1, -0.05) is 0 Å². The number of aryl methyl sites for hydroxylation is 1. The van der Waals surface area contributed by atoms with E-state index in [0.717, 1.165) is 5.56 Å². The van der Waals surface area contributed by atoms with Crippen molar-refractivity contribution in [3.63, 3.8) is 0 Å². The van der Waals surface area contributed by atoms with Crippen LogP contribution in [0.3, 0.4) is 0 Å². The lowest BCUT2D eigenvalue weighted by Gasteiger charge is -2.04. The molecule has 0 saturated carbocycles. The molecule has 0 aliphatic carbocycles. The number of H-pyrrole nitrogens is 1. The molecule has 0 saturated heterocycles. The molecule has 1 amide bonds. The minimum absolute atomic E-state index is 0.0200. The first-order valence-electron chi connectivity index (χ1n) is 7.22. The van der Waals surface area contributed by atoms with E-state index in [2.05, 4.69) is 15.3 Å². The summed E-state index contributed by atoms with van der Waals surface area (Å²) in [5, 5.41) is 13.8. The summed E-state index contributed by atoms with van der Waals surface area (Å²) in [5.74, 6) is -2.18. The van der Waals surface area contributed by atoms with E-state index in [1.54, 1.807) is 18.3 Å². The Hall–Kier alpha value is -2.69. The number of alkyl halides is 3. The SMILES string of the molecule is Cc1cc(=O)[nH]c(CCNC(=O)Cc2ccsc2)n1.O=C(O)C(F)(F)F. The summed E-state index contributed by atoms with van der Waals surface area (Å²) < 4.78 is 31.7. The molecule has 2 aromatic heterocycles. The Morgan fingerprint density at radius 3 is 2.54 bits per heavy atom. The van der Waals surface area contributed by atoms with Crippen molar-refractivity contribution in [3.05, 3.63) is 50.3 Å². The summed E-state index contributed by atoms with van der Waals surface area (Å²) >= 11 is 1.58. The Bertz CT molecular complexity index is 788. The normalized spacial score (nSPS) is 10.6. The Balaban J connectivity index is 0.000000412. The van der Waals surface area contributed by atoms with Gasteiger partial charge in [-0.2, -0.15) is 24.5 Å². The number of nitrogens with one attached hydrogen (secondary N) is 2. The Morgan fingerprint density at radius 1 is 1.38 bits per heavy atom. The number of hydrogen-bond donors (Lipinski definition) is 3. The summed E-state index contributed by atoms with van der Waals surface area (Å²) in [6, 6.07) is 3.38. The Labute approximate surface area is 149 Å². The Morgan fingerprint density at radius 2 is 2.04 bits per heavy atom. The van der Waals surface area contributed by atoms with Gasteiger partial charge in [0.2, 0.25) is 5.91 Å². The van der Waals surface area contributed by atoms with Crippen LogP contribution in [0, 0.1) is 6.92 Å². The van der Waals surface area contributed by atoms with Gasteiger partial charge < -0.3 is 15.4 Å². The zero-order valence-corrected chi connectivity index (χ0v) is 14.4. The Kier molecular flexibility index (Phi) is 7.97. The predicted molar refractivity (Wildman–Crippen MR) is 88.0 cm³/mol. The molecule has 0 aromatic carbocycles. The first-order chi connectivity index (χ1) is 12.1. The van der Waals surface area contributed by atoms with Crippen LogP contribution in [0.4, 0.5) is 13.2 Å². The number of aliphatic carboxylic acids is 1. The number of aromatic amines is 1. The number of amides is 1. The molecule has 0 spiro atoms. The second-order valence-corrected chi connectivity index (χ2v) is 5.82. The number of carbonyl (C=O) groups excluding carboxylic acids is 1. The number of thiophene rings is 1. The molecule has 11 heteroatoms. The van der Waals surface area contributed by atoms with Gasteiger partial charge in [-0.05, 0) is 29.3 Å². The van der Waals surface area contributed by atoms with E-state index in [1.807, 2.05) is 16.8 Å². The fourth-order valence-corrected chi connectivity index (χ4v) is 2.39. The van der Waals surface area contributed by atoms with Gasteiger partial charge in [-0.3, -0.25) is 9.59 Å². The van der Waals surface area contributed by atoms with Gasteiger partial charge in [0.25, 0.3) is 5.56 Å². The number of carboxylic acid groups (broad SMARTS) is 1. The third kappa shape index (κ3) is 8.42. The molecule has 0 atom stereocenters. The smallest absolute Gasteiger partial charge is 0.475 e. The lowest BCUT2D eigenvalue weighted by molar-refractivity contribution is -0.192. The lowest BCUT2D eigenvalue weighted by Crippen LogP contribution is -2.28. The highest BCUT2D eigenvalue weighted by Gasteiger charge is 2.38. The summed E-state index contributed by atoms with van der Waals surface area (Å²) in [6.07, 6.45) is -4.17. The molecule has 2 rings (SSSR count). The first kappa shape index (κ1) is 21.4. The van der Waals surface area contributed by atoms with Gasteiger partial charge in [0, 0.05) is 24.7 Å². The van der Waals surface area contributed by atoms with Gasteiger partial charge >= 0.3 is 12.1 Å². The zero-order chi connectivity index (χ0) is 19.7. The number of carboxylic acids is 1. The predicted octanol–water partition coefficient (Wildman–Crippen LogP) is 1.67. The van der Waals surface area contributed by atoms with Crippen molar-refractivity contribution in [3.8, 4) is 0 Å². The molecular weight excluding hydrogens is 375 g/mol. The highest BCUT2D eigenvalue weighted by atomic mass is 32.1. The van der Waals surface area contributed by atoms with Crippen molar-refractivity contribution in [2.75, 3.05) is 6.54 Å². The van der Waals surface area contributed by atoms with E-state index in [4.69, 9.17) is 9.90 Å². The van der Waals surface area contributed by atoms with Gasteiger partial charge in [-0.15, -0.1) is 0 Å². The lowest BCUT2D eigenvalue weighted by atomic mass is 10.2. The third-order valence-electron chi connectivity index (χ3n) is 2.79. The molecular formula is C15H16F3N3O4S. The van der Waals surface area contributed by atoms with Crippen molar-refractivity contribution in [1.29, 1.82) is 0 Å². The molecule has 142 valence electrons. The molecule has 0 bridgehead atoms. The van der Waals surface area contributed by atoms with E-state index in [-0.39, 0.29) is 11.5 Å². The second-order valence-electron chi connectivity index (χ2n) is 5.04. The third-order valence-corrected chi connectivity index (χ3v) is 3.52. The number of carbonyl (C=O) groups is 2. The topological polar surface area (TPSA) is 112 Å². The van der Waals surface area contributed by atoms with Gasteiger partial charge in [-0.25, -0.2) is 9.78 Å². The van der Waals surface area contributed by atoms with Gasteiger partial charge in [0.1, 0.15) is 5.82 Å². The van der Waals surface area contributed by atoms with E-state index in [0.29, 0.717) is 30.9 Å². The molecule has 0 fully saturated rings. The first-order valence-corrected chi connectivity index (χ1v) is 8.17. The molecule has 7 nitrogen and oxygen atoms in total. The van der Waals surface area contributed by atoms with Crippen molar-refractivity contribution >= 4 is 23.2 Å². The van der Waals surface area contributed by atoms with Crippen LogP contribution in [0.15, 0.2) is 27.7 Å². The molecule has 0 radical (unpaired) electrons. The minimum Gasteiger partial charge on any atom is -0.475 e. The number of halogens is 3. The van der Waals surface area contributed by atoms with Crippen LogP contribution in [0.5, 0.6) is 0 Å². The van der Waals surface area contributed by atoms with Crippen LogP contribution in [0.1, 0.15) is 17.1 Å². The summed E-state index contributed by atoms with van der Waals surface area (Å²) in [7, 11) is 0. The highest BCUT2D eigenvalue weighted by molar-refractivity contribution is 7.07. The molecule has 0 aliphatic rings. The van der Waals surface area contributed by atoms with Crippen molar-refractivity contribution in [1.82, 2.24) is 15.3 Å². The minimum atomic E-state index is -5.08. The van der Waals surface area contributed by atoms with Crippen LogP contribution in [-0.4, -0.2) is 39.7 Å². The maximum Gasteiger partial charge on any atom is 0.490 e. The summed E-state index contributed by atoms with van der Waals surface area (Å²) in [5.41, 5.74) is 1.54. The van der Waals surface area contributed by atoms with Gasteiger partial charge in [0.15, 0.2) is 0 Å². The molecule has 2 aromatic rings. The fraction of sp³-hybridized carbons (Fsp3) is 0.333. The van der Waals surface area contributed by atoms with Crippen LogP contribution >= 0.6 is 11.3 Å². The average molecular weight is 391 g/mol. The number of nitrogens with zero attached hydrogens (tertiary/aromatic N) is 1. The monoisotopic (exact) mass is 391 g/mol. The van der Waals surface area contributed by atoms with Crippen LogP contribution in [0.2, 0.25) is 0 Å². The molecule has 0 aliphatic heterocycles.